The number of thiazole rings is 1. The lowest BCUT2D eigenvalue weighted by molar-refractivity contribution is -0.138. The number of halogens is 1. The molecule has 0 N–H and O–H groups in total. The van der Waals surface area contributed by atoms with Crippen LogP contribution in [0, 0.1) is 0 Å². The van der Waals surface area contributed by atoms with Crippen LogP contribution in [0.15, 0.2) is 86.7 Å². The van der Waals surface area contributed by atoms with Crippen molar-refractivity contribution in [3.05, 3.63) is 108 Å². The predicted molar refractivity (Wildman–Crippen MR) is 137 cm³/mol. The molecule has 0 spiro atoms. The Morgan fingerprint density at radius 1 is 1.23 bits per heavy atom. The van der Waals surface area contributed by atoms with Crippen molar-refractivity contribution in [2.45, 2.75) is 19.9 Å². The Balaban J connectivity index is 1.90. The third-order valence-corrected chi connectivity index (χ3v) is 6.65. The standard InChI is InChI=1S/C26H21BrN2O5S/c1-4-12-33-25(32)22-15(2)28-26-29(23(22)18-8-10-20(11-9-18)34-16(3)30)24(31)21(35-26)14-17-6-5-7-19(27)13-17/h4-11,13-14,23H,1,12H2,2-3H3/b21-14+. The minimum absolute atomic E-state index is 0.0288. The minimum atomic E-state index is -0.764. The molecular weight excluding hydrogens is 532 g/mol. The summed E-state index contributed by atoms with van der Waals surface area (Å²) in [6.07, 6.45) is 3.27. The molecule has 0 bridgehead atoms. The number of hydrogen-bond acceptors (Lipinski definition) is 7. The molecule has 1 aromatic heterocycles. The summed E-state index contributed by atoms with van der Waals surface area (Å²) in [7, 11) is 0. The third kappa shape index (κ3) is 5.26. The largest absolute Gasteiger partial charge is 0.458 e. The van der Waals surface area contributed by atoms with Crippen LogP contribution in [-0.2, 0) is 14.3 Å². The maximum atomic E-state index is 13.6. The fourth-order valence-electron chi connectivity index (χ4n) is 3.74. The molecule has 0 fully saturated rings. The first kappa shape index (κ1) is 24.6. The van der Waals surface area contributed by atoms with Crippen molar-refractivity contribution >= 4 is 45.3 Å². The fourth-order valence-corrected chi connectivity index (χ4v) is 5.21. The summed E-state index contributed by atoms with van der Waals surface area (Å²) >= 11 is 4.70. The number of benzene rings is 2. The van der Waals surface area contributed by atoms with Crippen molar-refractivity contribution in [2.24, 2.45) is 4.99 Å². The number of carbonyl (C=O) groups is 2. The Hall–Kier alpha value is -3.56. The molecule has 2 aromatic carbocycles. The number of carbonyl (C=O) groups excluding carboxylic acids is 2. The molecule has 0 radical (unpaired) electrons. The van der Waals surface area contributed by atoms with Crippen LogP contribution >= 0.6 is 27.3 Å². The molecule has 0 saturated heterocycles. The van der Waals surface area contributed by atoms with Gasteiger partial charge in [-0.15, -0.1) is 0 Å². The average molecular weight is 553 g/mol. The number of hydrogen-bond donors (Lipinski definition) is 0. The zero-order valence-electron chi connectivity index (χ0n) is 19.0. The van der Waals surface area contributed by atoms with E-state index in [2.05, 4.69) is 27.5 Å². The molecule has 0 amide bonds. The number of esters is 2. The number of allylic oxidation sites excluding steroid dienone is 1. The number of ether oxygens (including phenoxy) is 2. The van der Waals surface area contributed by atoms with Crippen molar-refractivity contribution in [3.8, 4) is 5.75 Å². The van der Waals surface area contributed by atoms with Crippen LogP contribution in [0.2, 0.25) is 0 Å². The van der Waals surface area contributed by atoms with Gasteiger partial charge in [0.1, 0.15) is 12.4 Å². The van der Waals surface area contributed by atoms with Crippen LogP contribution in [0.1, 0.15) is 31.0 Å². The van der Waals surface area contributed by atoms with E-state index in [1.807, 2.05) is 24.3 Å². The Bertz CT molecular complexity index is 1530. The molecular formula is C26H21BrN2O5S. The Labute approximate surface area is 213 Å². The van der Waals surface area contributed by atoms with E-state index in [9.17, 15) is 14.4 Å². The zero-order chi connectivity index (χ0) is 25.1. The van der Waals surface area contributed by atoms with E-state index in [4.69, 9.17) is 9.47 Å². The summed E-state index contributed by atoms with van der Waals surface area (Å²) in [4.78, 5) is 43.0. The number of aromatic nitrogens is 1. The maximum Gasteiger partial charge on any atom is 0.338 e. The molecule has 7 nitrogen and oxygen atoms in total. The van der Waals surface area contributed by atoms with Gasteiger partial charge in [0.2, 0.25) is 0 Å². The Morgan fingerprint density at radius 2 is 1.97 bits per heavy atom. The van der Waals surface area contributed by atoms with E-state index in [-0.39, 0.29) is 17.7 Å². The molecule has 1 aliphatic heterocycles. The van der Waals surface area contributed by atoms with Gasteiger partial charge in [0, 0.05) is 11.4 Å². The van der Waals surface area contributed by atoms with Gasteiger partial charge < -0.3 is 9.47 Å². The molecule has 2 heterocycles. The van der Waals surface area contributed by atoms with Crippen LogP contribution in [0.4, 0.5) is 0 Å². The lowest BCUT2D eigenvalue weighted by Gasteiger charge is -2.24. The molecule has 1 unspecified atom stereocenters. The highest BCUT2D eigenvalue weighted by Crippen LogP contribution is 2.31. The molecule has 0 aliphatic carbocycles. The molecule has 0 saturated carbocycles. The van der Waals surface area contributed by atoms with Crippen molar-refractivity contribution in [1.29, 1.82) is 0 Å². The van der Waals surface area contributed by atoms with Gasteiger partial charge in [-0.05, 0) is 48.4 Å². The van der Waals surface area contributed by atoms with Crippen LogP contribution in [0.3, 0.4) is 0 Å². The van der Waals surface area contributed by atoms with Gasteiger partial charge >= 0.3 is 11.9 Å². The minimum Gasteiger partial charge on any atom is -0.458 e. The predicted octanol–water partition coefficient (Wildman–Crippen LogP) is 3.65. The number of rotatable bonds is 6. The molecule has 178 valence electrons. The van der Waals surface area contributed by atoms with Crippen LogP contribution in [0.25, 0.3) is 6.08 Å². The summed E-state index contributed by atoms with van der Waals surface area (Å²) in [5.41, 5.74) is 1.95. The fraction of sp³-hybridized carbons (Fsp3) is 0.154. The molecule has 9 heteroatoms. The van der Waals surface area contributed by atoms with Crippen LogP contribution in [0.5, 0.6) is 5.75 Å². The van der Waals surface area contributed by atoms with Crippen molar-refractivity contribution < 1.29 is 19.1 Å². The molecule has 3 aromatic rings. The monoisotopic (exact) mass is 552 g/mol. The lowest BCUT2D eigenvalue weighted by atomic mass is 9.96. The second-order valence-corrected chi connectivity index (χ2v) is 9.61. The van der Waals surface area contributed by atoms with Gasteiger partial charge in [-0.3, -0.25) is 14.2 Å². The number of nitrogens with zero attached hydrogens (tertiary/aromatic N) is 2. The van der Waals surface area contributed by atoms with Gasteiger partial charge in [0.15, 0.2) is 4.80 Å². The first-order chi connectivity index (χ1) is 16.8. The zero-order valence-corrected chi connectivity index (χ0v) is 21.4. The van der Waals surface area contributed by atoms with Gasteiger partial charge in [-0.2, -0.15) is 0 Å². The summed E-state index contributed by atoms with van der Waals surface area (Å²) in [6, 6.07) is 13.5. The summed E-state index contributed by atoms with van der Waals surface area (Å²) < 4.78 is 13.3. The normalized spacial score (nSPS) is 15.3. The van der Waals surface area contributed by atoms with Crippen LogP contribution in [-0.4, -0.2) is 23.1 Å². The van der Waals surface area contributed by atoms with E-state index in [0.29, 0.717) is 26.3 Å². The van der Waals surface area contributed by atoms with Crippen molar-refractivity contribution in [2.75, 3.05) is 6.61 Å². The lowest BCUT2D eigenvalue weighted by Crippen LogP contribution is -2.39. The molecule has 35 heavy (non-hydrogen) atoms. The van der Waals surface area contributed by atoms with E-state index in [1.165, 1.54) is 28.9 Å². The highest BCUT2D eigenvalue weighted by Gasteiger charge is 2.33. The smallest absolute Gasteiger partial charge is 0.338 e. The van der Waals surface area contributed by atoms with Gasteiger partial charge in [-0.1, -0.05) is 64.2 Å². The molecule has 1 aliphatic rings. The molecule has 4 rings (SSSR count). The van der Waals surface area contributed by atoms with Gasteiger partial charge in [-0.25, -0.2) is 9.79 Å². The topological polar surface area (TPSA) is 87.0 Å². The van der Waals surface area contributed by atoms with E-state index in [0.717, 1.165) is 10.0 Å². The Kier molecular flexibility index (Phi) is 7.28. The first-order valence-corrected chi connectivity index (χ1v) is 12.2. The third-order valence-electron chi connectivity index (χ3n) is 5.18. The van der Waals surface area contributed by atoms with Gasteiger partial charge in [0.25, 0.3) is 5.56 Å². The van der Waals surface area contributed by atoms with Crippen molar-refractivity contribution in [3.63, 3.8) is 0 Å². The summed E-state index contributed by atoms with van der Waals surface area (Å²) in [6.45, 7) is 6.65. The SMILES string of the molecule is C=CCOC(=O)C1=C(C)N=c2s/c(=C/c3cccc(Br)c3)c(=O)n2C1c1ccc(OC(C)=O)cc1. The van der Waals surface area contributed by atoms with Crippen LogP contribution < -0.4 is 19.6 Å². The summed E-state index contributed by atoms with van der Waals surface area (Å²) in [5.74, 6) is -0.663. The maximum absolute atomic E-state index is 13.6. The van der Waals surface area contributed by atoms with Gasteiger partial charge in [0.05, 0.1) is 21.8 Å². The Morgan fingerprint density at radius 3 is 2.63 bits per heavy atom. The van der Waals surface area contributed by atoms with Crippen molar-refractivity contribution in [1.82, 2.24) is 4.57 Å². The quantitative estimate of drug-likeness (QED) is 0.264. The second-order valence-electron chi connectivity index (χ2n) is 7.69. The van der Waals surface area contributed by atoms with E-state index in [1.54, 1.807) is 37.3 Å². The van der Waals surface area contributed by atoms with E-state index >= 15 is 0 Å². The summed E-state index contributed by atoms with van der Waals surface area (Å²) in [5, 5.41) is 0. The molecule has 1 atom stereocenters. The second kappa shape index (κ2) is 10.4. The average Bonchev–Trinajstić information content (AvgIpc) is 3.11. The highest BCUT2D eigenvalue weighted by atomic mass is 79.9. The number of fused-ring (bicyclic) bond motifs is 1. The highest BCUT2D eigenvalue weighted by molar-refractivity contribution is 9.10. The van der Waals surface area contributed by atoms with E-state index < -0.39 is 18.0 Å². The first-order valence-electron chi connectivity index (χ1n) is 10.6.